The van der Waals surface area contributed by atoms with Gasteiger partial charge in [0.1, 0.15) is 6.54 Å². The van der Waals surface area contributed by atoms with Gasteiger partial charge in [-0.15, -0.1) is 0 Å². The van der Waals surface area contributed by atoms with E-state index in [0.717, 1.165) is 38.3 Å². The summed E-state index contributed by atoms with van der Waals surface area (Å²) in [7, 11) is 3.48. The lowest BCUT2D eigenvalue weighted by Crippen LogP contribution is -2.58. The maximum atomic E-state index is 12.5. The molecule has 0 aromatic heterocycles. The van der Waals surface area contributed by atoms with Crippen molar-refractivity contribution in [1.29, 1.82) is 0 Å². The molecule has 1 N–H and O–H groups in total. The average molecular weight is 364 g/mol. The Balaban J connectivity index is 1.68. The highest BCUT2D eigenvalue weighted by Gasteiger charge is 2.37. The molecule has 2 amide bonds. The highest BCUT2D eigenvalue weighted by Crippen LogP contribution is 2.28. The van der Waals surface area contributed by atoms with Gasteiger partial charge in [-0.1, -0.05) is 19.8 Å². The minimum Gasteiger partial charge on any atom is -0.353 e. The largest absolute Gasteiger partial charge is 0.353 e. The number of aliphatic imine (C=N–C) groups is 1. The van der Waals surface area contributed by atoms with Gasteiger partial charge in [-0.2, -0.15) is 0 Å². The Hall–Kier alpha value is -1.79. The molecule has 0 aromatic rings. The summed E-state index contributed by atoms with van der Waals surface area (Å²) in [6, 6.07) is 0.834. The van der Waals surface area contributed by atoms with E-state index in [0.29, 0.717) is 24.5 Å². The summed E-state index contributed by atoms with van der Waals surface area (Å²) in [5.41, 5.74) is 0. The predicted molar refractivity (Wildman–Crippen MR) is 102 cm³/mol. The molecule has 0 aromatic carbocycles. The maximum absolute atomic E-state index is 12.5. The fourth-order valence-corrected chi connectivity index (χ4v) is 3.86. The number of likely N-dealkylation sites (N-methyl/N-ethyl adjacent to an activating group) is 1. The number of hydrogen-bond donors (Lipinski definition) is 1. The molecule has 3 fully saturated rings. The minimum absolute atomic E-state index is 0.0241. The number of guanidine groups is 1. The van der Waals surface area contributed by atoms with E-state index in [1.165, 1.54) is 19.3 Å². The summed E-state index contributed by atoms with van der Waals surface area (Å²) in [6.07, 6.45) is 7.13. The van der Waals surface area contributed by atoms with Crippen molar-refractivity contribution in [2.45, 2.75) is 57.5 Å². The standard InChI is InChI=1S/C19H33N5O2/c1-14-6-4-5-7-16(14)21-19(20-12-17(25)22(2)3)23-10-11-24(15-8-9-15)18(26)13-23/h14-16H,4-13H2,1-3H3,(H,20,21). The lowest BCUT2D eigenvalue weighted by Gasteiger charge is -2.39. The molecule has 2 aliphatic carbocycles. The molecule has 1 heterocycles. The van der Waals surface area contributed by atoms with Crippen LogP contribution in [0.1, 0.15) is 45.4 Å². The van der Waals surface area contributed by atoms with Crippen molar-refractivity contribution in [3.63, 3.8) is 0 Å². The van der Waals surface area contributed by atoms with Gasteiger partial charge >= 0.3 is 0 Å². The Morgan fingerprint density at radius 3 is 2.54 bits per heavy atom. The number of nitrogens with one attached hydrogen (secondary N) is 1. The van der Waals surface area contributed by atoms with E-state index in [-0.39, 0.29) is 18.4 Å². The number of carbonyl (C=O) groups is 2. The Morgan fingerprint density at radius 1 is 1.19 bits per heavy atom. The van der Waals surface area contributed by atoms with Crippen molar-refractivity contribution in [1.82, 2.24) is 20.0 Å². The second-order valence-corrected chi connectivity index (χ2v) is 8.18. The second kappa shape index (κ2) is 8.27. The number of rotatable bonds is 4. The third-order valence-corrected chi connectivity index (χ3v) is 5.83. The van der Waals surface area contributed by atoms with Crippen molar-refractivity contribution in [3.8, 4) is 0 Å². The molecule has 3 aliphatic rings. The molecule has 2 atom stereocenters. The molecule has 7 heteroatoms. The quantitative estimate of drug-likeness (QED) is 0.595. The van der Waals surface area contributed by atoms with Gasteiger partial charge in [-0.3, -0.25) is 9.59 Å². The van der Waals surface area contributed by atoms with E-state index < -0.39 is 0 Å². The van der Waals surface area contributed by atoms with Gasteiger partial charge in [-0.05, 0) is 31.6 Å². The monoisotopic (exact) mass is 363 g/mol. The van der Waals surface area contributed by atoms with E-state index in [2.05, 4.69) is 17.2 Å². The first-order valence-corrected chi connectivity index (χ1v) is 10.0. The van der Waals surface area contributed by atoms with Crippen LogP contribution in [0, 0.1) is 5.92 Å². The van der Waals surface area contributed by atoms with Crippen LogP contribution in [0.5, 0.6) is 0 Å². The van der Waals surface area contributed by atoms with Crippen LogP contribution in [0.3, 0.4) is 0 Å². The molecule has 2 unspecified atom stereocenters. The molecular formula is C19H33N5O2. The molecule has 0 bridgehead atoms. The van der Waals surface area contributed by atoms with Crippen LogP contribution in [0.15, 0.2) is 4.99 Å². The molecule has 2 saturated carbocycles. The number of hydrogen-bond acceptors (Lipinski definition) is 3. The van der Waals surface area contributed by atoms with Crippen molar-refractivity contribution in [3.05, 3.63) is 0 Å². The highest BCUT2D eigenvalue weighted by atomic mass is 16.2. The van der Waals surface area contributed by atoms with Crippen molar-refractivity contribution in [2.24, 2.45) is 10.9 Å². The maximum Gasteiger partial charge on any atom is 0.243 e. The van der Waals surface area contributed by atoms with Gasteiger partial charge in [0.15, 0.2) is 5.96 Å². The Labute approximate surface area is 156 Å². The van der Waals surface area contributed by atoms with E-state index in [1.54, 1.807) is 19.0 Å². The average Bonchev–Trinajstić information content (AvgIpc) is 3.44. The number of carbonyl (C=O) groups excluding carboxylic acids is 2. The third kappa shape index (κ3) is 4.68. The number of piperazine rings is 1. The van der Waals surface area contributed by atoms with Crippen LogP contribution in [0.25, 0.3) is 0 Å². The summed E-state index contributed by atoms with van der Waals surface area (Å²) >= 11 is 0. The predicted octanol–water partition coefficient (Wildman–Crippen LogP) is 0.906. The van der Waals surface area contributed by atoms with Crippen LogP contribution < -0.4 is 5.32 Å². The zero-order valence-corrected chi connectivity index (χ0v) is 16.4. The normalized spacial score (nSPS) is 27.5. The van der Waals surface area contributed by atoms with Gasteiger partial charge in [0.05, 0.1) is 6.54 Å². The zero-order valence-electron chi connectivity index (χ0n) is 16.4. The summed E-state index contributed by atoms with van der Waals surface area (Å²) in [6.45, 7) is 4.29. The molecule has 0 radical (unpaired) electrons. The zero-order chi connectivity index (χ0) is 18.7. The van der Waals surface area contributed by atoms with E-state index >= 15 is 0 Å². The van der Waals surface area contributed by atoms with Crippen LogP contribution in [0.4, 0.5) is 0 Å². The molecule has 0 spiro atoms. The number of amides is 2. The molecule has 26 heavy (non-hydrogen) atoms. The van der Waals surface area contributed by atoms with Crippen LogP contribution in [0.2, 0.25) is 0 Å². The Bertz CT molecular complexity index is 558. The van der Waals surface area contributed by atoms with Crippen molar-refractivity contribution in [2.75, 3.05) is 40.3 Å². The van der Waals surface area contributed by atoms with Gasteiger partial charge in [0, 0.05) is 39.3 Å². The van der Waals surface area contributed by atoms with Crippen molar-refractivity contribution >= 4 is 17.8 Å². The first-order valence-electron chi connectivity index (χ1n) is 10.0. The fourth-order valence-electron chi connectivity index (χ4n) is 3.86. The lowest BCUT2D eigenvalue weighted by molar-refractivity contribution is -0.135. The van der Waals surface area contributed by atoms with Crippen LogP contribution in [-0.2, 0) is 9.59 Å². The highest BCUT2D eigenvalue weighted by molar-refractivity contribution is 5.89. The summed E-state index contributed by atoms with van der Waals surface area (Å²) in [5, 5.41) is 3.58. The van der Waals surface area contributed by atoms with E-state index in [1.807, 2.05) is 9.80 Å². The molecular weight excluding hydrogens is 330 g/mol. The Morgan fingerprint density at radius 2 is 1.92 bits per heavy atom. The summed E-state index contributed by atoms with van der Waals surface area (Å²) in [5.74, 6) is 1.47. The minimum atomic E-state index is -0.0241. The van der Waals surface area contributed by atoms with Gasteiger partial charge in [0.25, 0.3) is 0 Å². The molecule has 3 rings (SSSR count). The SMILES string of the molecule is CC1CCCCC1NC(=NCC(=O)N(C)C)N1CCN(C2CC2)C(=O)C1. The van der Waals surface area contributed by atoms with E-state index in [9.17, 15) is 9.59 Å². The summed E-state index contributed by atoms with van der Waals surface area (Å²) < 4.78 is 0. The molecule has 146 valence electrons. The molecule has 7 nitrogen and oxygen atoms in total. The first kappa shape index (κ1) is 19.0. The molecule has 1 saturated heterocycles. The molecule has 1 aliphatic heterocycles. The summed E-state index contributed by atoms with van der Waals surface area (Å²) in [4.78, 5) is 34.7. The number of nitrogens with zero attached hydrogens (tertiary/aromatic N) is 4. The van der Waals surface area contributed by atoms with Crippen LogP contribution >= 0.6 is 0 Å². The first-order chi connectivity index (χ1) is 12.5. The second-order valence-electron chi connectivity index (χ2n) is 8.18. The van der Waals surface area contributed by atoms with E-state index in [4.69, 9.17) is 0 Å². The fraction of sp³-hybridized carbons (Fsp3) is 0.842. The smallest absolute Gasteiger partial charge is 0.243 e. The lowest BCUT2D eigenvalue weighted by atomic mass is 9.86. The van der Waals surface area contributed by atoms with Crippen molar-refractivity contribution < 1.29 is 9.59 Å². The Kier molecular flexibility index (Phi) is 6.04. The van der Waals surface area contributed by atoms with Gasteiger partial charge in [0.2, 0.25) is 11.8 Å². The van der Waals surface area contributed by atoms with Gasteiger partial charge < -0.3 is 20.0 Å². The topological polar surface area (TPSA) is 68.2 Å². The van der Waals surface area contributed by atoms with Gasteiger partial charge in [-0.25, -0.2) is 4.99 Å². The third-order valence-electron chi connectivity index (χ3n) is 5.83. The van der Waals surface area contributed by atoms with Crippen LogP contribution in [-0.4, -0.2) is 84.8 Å².